The van der Waals surface area contributed by atoms with Crippen molar-refractivity contribution in [3.05, 3.63) is 0 Å². The van der Waals surface area contributed by atoms with Gasteiger partial charge < -0.3 is 11.1 Å². The third kappa shape index (κ3) is 6.62. The van der Waals surface area contributed by atoms with Gasteiger partial charge in [0.2, 0.25) is 0 Å². The maximum absolute atomic E-state index is 5.44. The molecule has 2 nitrogen and oxygen atoms in total. The zero-order chi connectivity index (χ0) is 9.45. The van der Waals surface area contributed by atoms with Gasteiger partial charge in [0.1, 0.15) is 0 Å². The van der Waals surface area contributed by atoms with E-state index in [1.165, 1.54) is 12.8 Å². The lowest BCUT2D eigenvalue weighted by molar-refractivity contribution is 0.306. The van der Waals surface area contributed by atoms with E-state index < -0.39 is 0 Å². The van der Waals surface area contributed by atoms with Crippen LogP contribution in [0.15, 0.2) is 0 Å². The molecule has 74 valence electrons. The van der Waals surface area contributed by atoms with Crippen molar-refractivity contribution < 1.29 is 0 Å². The first-order valence-electron chi connectivity index (χ1n) is 5.03. The molecule has 0 aliphatic rings. The van der Waals surface area contributed by atoms with Gasteiger partial charge in [-0.15, -0.1) is 0 Å². The predicted molar refractivity (Wildman–Crippen MR) is 55.2 cm³/mol. The minimum atomic E-state index is 0.436. The van der Waals surface area contributed by atoms with Gasteiger partial charge in [-0.3, -0.25) is 0 Å². The van der Waals surface area contributed by atoms with Crippen molar-refractivity contribution in [2.45, 2.75) is 40.0 Å². The maximum Gasteiger partial charge on any atom is 0.000240 e. The van der Waals surface area contributed by atoms with E-state index in [-0.39, 0.29) is 0 Å². The van der Waals surface area contributed by atoms with Crippen molar-refractivity contribution >= 4 is 0 Å². The Morgan fingerprint density at radius 1 is 1.25 bits per heavy atom. The van der Waals surface area contributed by atoms with Gasteiger partial charge in [0.25, 0.3) is 0 Å². The van der Waals surface area contributed by atoms with Crippen LogP contribution in [0.5, 0.6) is 0 Å². The summed E-state index contributed by atoms with van der Waals surface area (Å²) in [7, 11) is 0. The number of rotatable bonds is 7. The minimum absolute atomic E-state index is 0.436. The van der Waals surface area contributed by atoms with E-state index in [0.29, 0.717) is 5.41 Å². The summed E-state index contributed by atoms with van der Waals surface area (Å²) in [5, 5.41) is 3.38. The van der Waals surface area contributed by atoms with Gasteiger partial charge in [-0.05, 0) is 31.3 Å². The highest BCUT2D eigenvalue weighted by atomic mass is 14.9. The lowest BCUT2D eigenvalue weighted by Gasteiger charge is -2.24. The number of unbranched alkanes of at least 4 members (excludes halogenated alkanes) is 1. The van der Waals surface area contributed by atoms with Gasteiger partial charge in [-0.2, -0.15) is 0 Å². The van der Waals surface area contributed by atoms with E-state index in [1.807, 2.05) is 0 Å². The summed E-state index contributed by atoms with van der Waals surface area (Å²) in [4.78, 5) is 0. The molecule has 2 heteroatoms. The van der Waals surface area contributed by atoms with Crippen LogP contribution in [0.2, 0.25) is 0 Å². The Hall–Kier alpha value is -0.0800. The molecule has 0 saturated heterocycles. The van der Waals surface area contributed by atoms with Gasteiger partial charge in [0.15, 0.2) is 0 Å². The number of hydrogen-bond acceptors (Lipinski definition) is 2. The second-order valence-corrected chi connectivity index (χ2v) is 4.19. The molecule has 0 radical (unpaired) electrons. The van der Waals surface area contributed by atoms with Crippen molar-refractivity contribution in [1.82, 2.24) is 5.32 Å². The molecule has 0 aromatic rings. The molecule has 0 bridgehead atoms. The van der Waals surface area contributed by atoms with Crippen LogP contribution in [0.25, 0.3) is 0 Å². The molecule has 0 aliphatic carbocycles. The van der Waals surface area contributed by atoms with Crippen molar-refractivity contribution in [3.8, 4) is 0 Å². The van der Waals surface area contributed by atoms with E-state index in [9.17, 15) is 0 Å². The molecule has 0 fully saturated rings. The van der Waals surface area contributed by atoms with Gasteiger partial charge in [-0.1, -0.05) is 27.2 Å². The van der Waals surface area contributed by atoms with Gasteiger partial charge in [0, 0.05) is 6.54 Å². The monoisotopic (exact) mass is 172 g/mol. The first-order chi connectivity index (χ1) is 5.62. The highest BCUT2D eigenvalue weighted by Crippen LogP contribution is 2.21. The summed E-state index contributed by atoms with van der Waals surface area (Å²) in [6.07, 6.45) is 3.70. The Kier molecular flexibility index (Phi) is 6.39. The Morgan fingerprint density at radius 3 is 2.42 bits per heavy atom. The van der Waals surface area contributed by atoms with Gasteiger partial charge in [0.05, 0.1) is 0 Å². The predicted octanol–water partition coefficient (Wildman–Crippen LogP) is 1.75. The van der Waals surface area contributed by atoms with Crippen molar-refractivity contribution in [2.75, 3.05) is 19.6 Å². The fourth-order valence-corrected chi connectivity index (χ4v) is 1.30. The third-order valence-corrected chi connectivity index (χ3v) is 2.16. The third-order valence-electron chi connectivity index (χ3n) is 2.16. The fraction of sp³-hybridized carbons (Fsp3) is 1.00. The fourth-order valence-electron chi connectivity index (χ4n) is 1.30. The molecule has 0 rings (SSSR count). The normalized spacial score (nSPS) is 12.0. The average molecular weight is 172 g/mol. The van der Waals surface area contributed by atoms with Crippen LogP contribution >= 0.6 is 0 Å². The quantitative estimate of drug-likeness (QED) is 0.574. The number of nitrogens with one attached hydrogen (secondary N) is 1. The Bertz CT molecular complexity index is 100. The summed E-state index contributed by atoms with van der Waals surface area (Å²) in [5.41, 5.74) is 5.88. The summed E-state index contributed by atoms with van der Waals surface area (Å²) in [6.45, 7) is 9.79. The van der Waals surface area contributed by atoms with Crippen LogP contribution in [0.3, 0.4) is 0 Å². The second-order valence-electron chi connectivity index (χ2n) is 4.19. The molecule has 0 amide bonds. The van der Waals surface area contributed by atoms with Crippen LogP contribution in [0, 0.1) is 5.41 Å². The SMILES string of the molecule is CCNCC(C)(C)CCCCN. The Morgan fingerprint density at radius 2 is 1.92 bits per heavy atom. The first kappa shape index (κ1) is 11.9. The zero-order valence-corrected chi connectivity index (χ0v) is 8.82. The average Bonchev–Trinajstić information content (AvgIpc) is 2.01. The highest BCUT2D eigenvalue weighted by molar-refractivity contribution is 4.70. The van der Waals surface area contributed by atoms with Crippen LogP contribution in [0.1, 0.15) is 40.0 Å². The molecule has 0 atom stereocenters. The molecule has 0 aliphatic heterocycles. The summed E-state index contributed by atoms with van der Waals surface area (Å²) in [5.74, 6) is 0. The molecule has 0 aromatic heterocycles. The molecule has 0 aromatic carbocycles. The highest BCUT2D eigenvalue weighted by Gasteiger charge is 2.15. The summed E-state index contributed by atoms with van der Waals surface area (Å²) >= 11 is 0. The summed E-state index contributed by atoms with van der Waals surface area (Å²) in [6, 6.07) is 0. The van der Waals surface area contributed by atoms with Crippen molar-refractivity contribution in [2.24, 2.45) is 11.1 Å². The molecule has 0 saturated carbocycles. The lowest BCUT2D eigenvalue weighted by atomic mass is 9.87. The largest absolute Gasteiger partial charge is 0.330 e. The molecule has 0 unspecified atom stereocenters. The second kappa shape index (κ2) is 6.44. The standard InChI is InChI=1S/C10H24N2/c1-4-12-9-10(2,3)7-5-6-8-11/h12H,4-9,11H2,1-3H3. The van der Waals surface area contributed by atoms with Crippen LogP contribution in [-0.2, 0) is 0 Å². The van der Waals surface area contributed by atoms with Gasteiger partial charge >= 0.3 is 0 Å². The summed E-state index contributed by atoms with van der Waals surface area (Å²) < 4.78 is 0. The van der Waals surface area contributed by atoms with Crippen molar-refractivity contribution in [3.63, 3.8) is 0 Å². The molecule has 0 heterocycles. The molecular weight excluding hydrogens is 148 g/mol. The van der Waals surface area contributed by atoms with E-state index in [1.54, 1.807) is 0 Å². The smallest absolute Gasteiger partial charge is 0.000240 e. The Labute approximate surface area is 76.9 Å². The minimum Gasteiger partial charge on any atom is -0.330 e. The molecule has 0 spiro atoms. The van der Waals surface area contributed by atoms with Crippen LogP contribution in [-0.4, -0.2) is 19.6 Å². The topological polar surface area (TPSA) is 38.0 Å². The van der Waals surface area contributed by atoms with Crippen molar-refractivity contribution in [1.29, 1.82) is 0 Å². The maximum atomic E-state index is 5.44. The molecule has 3 N–H and O–H groups in total. The first-order valence-corrected chi connectivity index (χ1v) is 5.03. The number of nitrogens with two attached hydrogens (primary N) is 1. The van der Waals surface area contributed by atoms with E-state index in [4.69, 9.17) is 5.73 Å². The number of hydrogen-bond donors (Lipinski definition) is 2. The van der Waals surface area contributed by atoms with E-state index in [2.05, 4.69) is 26.1 Å². The molecule has 12 heavy (non-hydrogen) atoms. The zero-order valence-electron chi connectivity index (χ0n) is 8.82. The Balaban J connectivity index is 3.42. The van der Waals surface area contributed by atoms with E-state index >= 15 is 0 Å². The van der Waals surface area contributed by atoms with Crippen LogP contribution in [0.4, 0.5) is 0 Å². The van der Waals surface area contributed by atoms with Crippen LogP contribution < -0.4 is 11.1 Å². The van der Waals surface area contributed by atoms with E-state index in [0.717, 1.165) is 26.1 Å². The van der Waals surface area contributed by atoms with Gasteiger partial charge in [-0.25, -0.2) is 0 Å². The molecular formula is C10H24N2. The lowest BCUT2D eigenvalue weighted by Crippen LogP contribution is -2.29.